The topological polar surface area (TPSA) is 31.7 Å². The molecule has 2 aromatic rings. The van der Waals surface area contributed by atoms with Crippen LogP contribution in [0.4, 0.5) is 0 Å². The first kappa shape index (κ1) is 19.3. The second-order valence-electron chi connectivity index (χ2n) is 7.61. The molecule has 0 bridgehead atoms. The number of hydrogen-bond donors (Lipinski definition) is 0. The fraction of sp³-hybridized carbons (Fsp3) is 0.550. The molecule has 6 heteroatoms. The Balaban J connectivity index is 0.00000196. The van der Waals surface area contributed by atoms with Crippen LogP contribution in [0.15, 0.2) is 30.3 Å². The van der Waals surface area contributed by atoms with E-state index in [0.717, 1.165) is 52.4 Å². The molecule has 5 nitrogen and oxygen atoms in total. The van der Waals surface area contributed by atoms with E-state index in [0.29, 0.717) is 5.91 Å². The first-order chi connectivity index (χ1) is 12.1. The zero-order valence-corrected chi connectivity index (χ0v) is 16.8. The second-order valence-corrected chi connectivity index (χ2v) is 7.61. The van der Waals surface area contributed by atoms with Gasteiger partial charge in [0.15, 0.2) is 0 Å². The lowest BCUT2D eigenvalue weighted by atomic mass is 10.1. The minimum atomic E-state index is 0. The van der Waals surface area contributed by atoms with Crippen LogP contribution in [-0.2, 0) is 17.9 Å². The van der Waals surface area contributed by atoms with E-state index in [9.17, 15) is 4.79 Å². The summed E-state index contributed by atoms with van der Waals surface area (Å²) in [5.41, 5.74) is 2.54. The molecule has 1 aromatic heterocycles. The Kier molecular flexibility index (Phi) is 5.95. The minimum absolute atomic E-state index is 0. The summed E-state index contributed by atoms with van der Waals surface area (Å²) in [6.45, 7) is 9.77. The van der Waals surface area contributed by atoms with E-state index in [4.69, 9.17) is 0 Å². The van der Waals surface area contributed by atoms with Gasteiger partial charge in [-0.15, -0.1) is 0 Å². The maximum atomic E-state index is 12.9. The molecule has 0 N–H and O–H groups in total. The van der Waals surface area contributed by atoms with Gasteiger partial charge in [-0.2, -0.15) is 13.5 Å². The molecule has 0 unspecified atom stereocenters. The van der Waals surface area contributed by atoms with E-state index in [1.165, 1.54) is 16.6 Å². The number of nitrogens with zero attached hydrogens (tertiary/aromatic N) is 4. The fourth-order valence-corrected chi connectivity index (χ4v) is 4.15. The molecule has 1 saturated heterocycles. The highest BCUT2D eigenvalue weighted by Crippen LogP contribution is 2.24. The number of carbonyl (C=O) groups is 1. The monoisotopic (exact) mass is 374 g/mol. The highest BCUT2D eigenvalue weighted by atomic mass is 32.1. The largest absolute Gasteiger partial charge is 0.341 e. The smallest absolute Gasteiger partial charge is 0.227 e. The number of amides is 1. The number of rotatable bonds is 3. The van der Waals surface area contributed by atoms with Crippen LogP contribution in [0, 0.1) is 5.92 Å². The van der Waals surface area contributed by atoms with Gasteiger partial charge in [-0.25, -0.2) is 0 Å². The van der Waals surface area contributed by atoms with Crippen LogP contribution in [0.5, 0.6) is 0 Å². The summed E-state index contributed by atoms with van der Waals surface area (Å²) in [5, 5.41) is 1.28. The second kappa shape index (κ2) is 8.03. The third-order valence-corrected chi connectivity index (χ3v) is 5.70. The van der Waals surface area contributed by atoms with Crippen molar-refractivity contribution in [2.75, 3.05) is 46.3 Å². The number of benzene rings is 1. The van der Waals surface area contributed by atoms with E-state index in [1.54, 1.807) is 0 Å². The van der Waals surface area contributed by atoms with Gasteiger partial charge in [0.25, 0.3) is 0 Å². The normalized spacial score (nSPS) is 19.8. The van der Waals surface area contributed by atoms with Gasteiger partial charge in [0.2, 0.25) is 5.91 Å². The van der Waals surface area contributed by atoms with Crippen LogP contribution < -0.4 is 0 Å². The first-order valence-corrected chi connectivity index (χ1v) is 9.38. The van der Waals surface area contributed by atoms with Crippen molar-refractivity contribution in [3.63, 3.8) is 0 Å². The molecule has 0 radical (unpaired) electrons. The van der Waals surface area contributed by atoms with E-state index >= 15 is 0 Å². The number of para-hydroxylation sites is 1. The van der Waals surface area contributed by atoms with Gasteiger partial charge in [-0.1, -0.05) is 25.1 Å². The number of aromatic nitrogens is 1. The van der Waals surface area contributed by atoms with Crippen LogP contribution in [0.3, 0.4) is 0 Å². The maximum Gasteiger partial charge on any atom is 0.227 e. The standard InChI is InChI=1S/C20H28N4O.H2S/c1-16(14-22-9-7-21(2)8-10-22)20(25)23-11-12-24-18(15-23)13-17-5-3-4-6-19(17)24;/h3-6,13,16H,7-12,14-15H2,1-2H3;1H2/t16-;/m0./s1. The lowest BCUT2D eigenvalue weighted by Crippen LogP contribution is -2.48. The molecule has 1 fully saturated rings. The molecular formula is C20H30N4OS. The number of fused-ring (bicyclic) bond motifs is 3. The van der Waals surface area contributed by atoms with E-state index in [-0.39, 0.29) is 19.4 Å². The fourth-order valence-electron chi connectivity index (χ4n) is 4.15. The summed E-state index contributed by atoms with van der Waals surface area (Å²) in [5.74, 6) is 0.370. The maximum absolute atomic E-state index is 12.9. The minimum Gasteiger partial charge on any atom is -0.341 e. The molecule has 3 heterocycles. The third kappa shape index (κ3) is 3.77. The van der Waals surface area contributed by atoms with Crippen LogP contribution in [0.25, 0.3) is 10.9 Å². The van der Waals surface area contributed by atoms with Crippen molar-refractivity contribution < 1.29 is 4.79 Å². The van der Waals surface area contributed by atoms with Crippen molar-refractivity contribution >= 4 is 30.3 Å². The Morgan fingerprint density at radius 3 is 2.58 bits per heavy atom. The van der Waals surface area contributed by atoms with Crippen LogP contribution >= 0.6 is 13.5 Å². The average Bonchev–Trinajstić information content (AvgIpc) is 3.00. The Labute approximate surface area is 163 Å². The number of carbonyl (C=O) groups excluding carboxylic acids is 1. The van der Waals surface area contributed by atoms with Gasteiger partial charge < -0.3 is 19.3 Å². The number of hydrogen-bond acceptors (Lipinski definition) is 3. The highest BCUT2D eigenvalue weighted by Gasteiger charge is 2.27. The average molecular weight is 375 g/mol. The molecule has 4 rings (SSSR count). The van der Waals surface area contributed by atoms with Gasteiger partial charge in [-0.3, -0.25) is 4.79 Å². The number of piperazine rings is 1. The zero-order chi connectivity index (χ0) is 17.4. The summed E-state index contributed by atoms with van der Waals surface area (Å²) < 4.78 is 2.37. The van der Waals surface area contributed by atoms with Crippen molar-refractivity contribution in [2.45, 2.75) is 20.0 Å². The van der Waals surface area contributed by atoms with Crippen molar-refractivity contribution in [3.05, 3.63) is 36.0 Å². The first-order valence-electron chi connectivity index (χ1n) is 9.38. The zero-order valence-electron chi connectivity index (χ0n) is 15.8. The van der Waals surface area contributed by atoms with E-state index < -0.39 is 0 Å². The van der Waals surface area contributed by atoms with Crippen LogP contribution in [-0.4, -0.2) is 71.5 Å². The predicted molar refractivity (Wildman–Crippen MR) is 111 cm³/mol. The Hall–Kier alpha value is -1.50. The van der Waals surface area contributed by atoms with E-state index in [2.05, 4.69) is 63.6 Å². The summed E-state index contributed by atoms with van der Waals surface area (Å²) in [7, 11) is 2.17. The molecule has 0 spiro atoms. The van der Waals surface area contributed by atoms with Gasteiger partial charge >= 0.3 is 0 Å². The predicted octanol–water partition coefficient (Wildman–Crippen LogP) is 1.98. The van der Waals surface area contributed by atoms with Gasteiger partial charge in [0.05, 0.1) is 6.54 Å². The molecule has 1 atom stereocenters. The molecular weight excluding hydrogens is 344 g/mol. The summed E-state index contributed by atoms with van der Waals surface area (Å²) in [6.07, 6.45) is 0. The lowest BCUT2D eigenvalue weighted by Gasteiger charge is -2.36. The Morgan fingerprint density at radius 2 is 1.81 bits per heavy atom. The van der Waals surface area contributed by atoms with Crippen molar-refractivity contribution in [2.24, 2.45) is 5.92 Å². The van der Waals surface area contributed by atoms with Crippen molar-refractivity contribution in [3.8, 4) is 0 Å². The molecule has 2 aliphatic rings. The van der Waals surface area contributed by atoms with Crippen LogP contribution in [0.2, 0.25) is 0 Å². The van der Waals surface area contributed by atoms with Crippen LogP contribution in [0.1, 0.15) is 12.6 Å². The SMILES string of the molecule is C[C@@H](CN1CCN(C)CC1)C(=O)N1CCn2c(cc3ccccc32)C1.S. The highest BCUT2D eigenvalue weighted by molar-refractivity contribution is 7.59. The quantitative estimate of drug-likeness (QED) is 0.823. The summed E-state index contributed by atoms with van der Waals surface area (Å²) in [4.78, 5) is 19.8. The van der Waals surface area contributed by atoms with Gasteiger partial charge in [-0.05, 0) is 24.6 Å². The molecule has 1 aromatic carbocycles. The Morgan fingerprint density at radius 1 is 1.08 bits per heavy atom. The molecule has 26 heavy (non-hydrogen) atoms. The van der Waals surface area contributed by atoms with Crippen molar-refractivity contribution in [1.82, 2.24) is 19.3 Å². The molecule has 0 aliphatic carbocycles. The lowest BCUT2D eigenvalue weighted by molar-refractivity contribution is -0.137. The summed E-state index contributed by atoms with van der Waals surface area (Å²) >= 11 is 0. The number of likely N-dealkylation sites (N-methyl/N-ethyl adjacent to an activating group) is 1. The molecule has 142 valence electrons. The van der Waals surface area contributed by atoms with Gasteiger partial charge in [0.1, 0.15) is 0 Å². The third-order valence-electron chi connectivity index (χ3n) is 5.70. The Bertz CT molecular complexity index is 766. The van der Waals surface area contributed by atoms with Crippen molar-refractivity contribution in [1.29, 1.82) is 0 Å². The van der Waals surface area contributed by atoms with Gasteiger partial charge in [0, 0.05) is 62.9 Å². The molecule has 0 saturated carbocycles. The molecule has 2 aliphatic heterocycles. The summed E-state index contributed by atoms with van der Waals surface area (Å²) in [6, 6.07) is 10.7. The molecule has 1 amide bonds. The van der Waals surface area contributed by atoms with E-state index in [1.807, 2.05) is 0 Å².